The van der Waals surface area contributed by atoms with Crippen molar-refractivity contribution in [3.8, 4) is 11.5 Å². The second-order valence-corrected chi connectivity index (χ2v) is 6.84. The van der Waals surface area contributed by atoms with Gasteiger partial charge in [-0.05, 0) is 39.8 Å². The van der Waals surface area contributed by atoms with Crippen LogP contribution in [0.5, 0.6) is 0 Å². The molecule has 0 aliphatic carbocycles. The van der Waals surface area contributed by atoms with Crippen LogP contribution >= 0.6 is 0 Å². The summed E-state index contributed by atoms with van der Waals surface area (Å²) in [6.07, 6.45) is 0. The Morgan fingerprint density at radius 3 is 2.35 bits per heavy atom. The zero-order valence-electron chi connectivity index (χ0n) is 13.7. The number of hydrogen-bond donors (Lipinski definition) is 0. The Kier molecular flexibility index (Phi) is 2.81. The van der Waals surface area contributed by atoms with Crippen LogP contribution in [0.1, 0.15) is 39.1 Å². The number of rotatable bonds is 1. The second kappa shape index (κ2) is 4.55. The van der Waals surface area contributed by atoms with Gasteiger partial charge in [0.1, 0.15) is 28.3 Å². The second-order valence-electron chi connectivity index (χ2n) is 6.84. The highest BCUT2D eigenvalue weighted by atomic mass is 16.5. The first-order valence-corrected chi connectivity index (χ1v) is 7.69. The topological polar surface area (TPSA) is 60.8 Å². The molecule has 3 heterocycles. The van der Waals surface area contributed by atoms with E-state index >= 15 is 0 Å². The van der Waals surface area contributed by atoms with Gasteiger partial charge in [-0.2, -0.15) is 0 Å². The van der Waals surface area contributed by atoms with E-state index in [-0.39, 0.29) is 0 Å². The Labute approximate surface area is 134 Å². The molecule has 0 amide bonds. The fourth-order valence-electron chi connectivity index (χ4n) is 3.18. The van der Waals surface area contributed by atoms with E-state index in [0.29, 0.717) is 5.82 Å². The Morgan fingerprint density at radius 2 is 1.52 bits per heavy atom. The third kappa shape index (κ3) is 2.19. The van der Waals surface area contributed by atoms with Crippen molar-refractivity contribution in [2.45, 2.75) is 38.9 Å². The monoisotopic (exact) mass is 306 g/mol. The summed E-state index contributed by atoms with van der Waals surface area (Å²) >= 11 is 0. The average molecular weight is 306 g/mol. The molecule has 4 rings (SSSR count). The minimum atomic E-state index is -0.486. The predicted octanol–water partition coefficient (Wildman–Crippen LogP) is 3.59. The lowest BCUT2D eigenvalue weighted by Crippen LogP contribution is -2.23. The lowest BCUT2D eigenvalue weighted by Gasteiger charge is -2.23. The molecule has 0 fully saturated rings. The summed E-state index contributed by atoms with van der Waals surface area (Å²) in [6, 6.07) is 11.9. The molecule has 23 heavy (non-hydrogen) atoms. The SMILES string of the molecule is CC1(C)OC(C)(C)c2nc(-c3ccc4ccccc4n3)nnc21. The van der Waals surface area contributed by atoms with Gasteiger partial charge in [-0.1, -0.05) is 24.3 Å². The Balaban J connectivity index is 1.87. The maximum absolute atomic E-state index is 6.08. The van der Waals surface area contributed by atoms with E-state index in [9.17, 15) is 0 Å². The van der Waals surface area contributed by atoms with E-state index in [4.69, 9.17) is 9.72 Å². The molecule has 0 atom stereocenters. The molecule has 0 saturated carbocycles. The zero-order valence-corrected chi connectivity index (χ0v) is 13.7. The van der Waals surface area contributed by atoms with Gasteiger partial charge in [-0.15, -0.1) is 10.2 Å². The van der Waals surface area contributed by atoms with Gasteiger partial charge in [0.25, 0.3) is 0 Å². The van der Waals surface area contributed by atoms with Crippen LogP contribution in [0.25, 0.3) is 22.4 Å². The van der Waals surface area contributed by atoms with Crippen molar-refractivity contribution in [2.24, 2.45) is 0 Å². The molecule has 0 bridgehead atoms. The van der Waals surface area contributed by atoms with Crippen molar-refractivity contribution >= 4 is 10.9 Å². The number of hydrogen-bond acceptors (Lipinski definition) is 5. The quantitative estimate of drug-likeness (QED) is 0.687. The van der Waals surface area contributed by atoms with Crippen molar-refractivity contribution in [3.63, 3.8) is 0 Å². The molecule has 5 nitrogen and oxygen atoms in total. The van der Waals surface area contributed by atoms with Crippen molar-refractivity contribution in [3.05, 3.63) is 47.8 Å². The van der Waals surface area contributed by atoms with Crippen LogP contribution in [-0.4, -0.2) is 20.2 Å². The number of fused-ring (bicyclic) bond motifs is 2. The third-order valence-corrected chi connectivity index (χ3v) is 4.17. The largest absolute Gasteiger partial charge is 0.357 e. The smallest absolute Gasteiger partial charge is 0.200 e. The number of pyridine rings is 1. The molecule has 116 valence electrons. The number of nitrogens with zero attached hydrogens (tertiary/aromatic N) is 4. The van der Waals surface area contributed by atoms with E-state index in [1.54, 1.807) is 0 Å². The van der Waals surface area contributed by atoms with Gasteiger partial charge in [0, 0.05) is 5.39 Å². The molecule has 0 radical (unpaired) electrons. The van der Waals surface area contributed by atoms with Gasteiger partial charge >= 0.3 is 0 Å². The number of para-hydroxylation sites is 1. The van der Waals surface area contributed by atoms with E-state index < -0.39 is 11.2 Å². The van der Waals surface area contributed by atoms with Crippen LogP contribution in [-0.2, 0) is 15.9 Å². The molecule has 1 aliphatic heterocycles. The van der Waals surface area contributed by atoms with Crippen LogP contribution < -0.4 is 0 Å². The average Bonchev–Trinajstić information content (AvgIpc) is 2.71. The van der Waals surface area contributed by atoms with Gasteiger partial charge in [0.2, 0.25) is 5.82 Å². The van der Waals surface area contributed by atoms with Crippen molar-refractivity contribution < 1.29 is 4.74 Å². The number of benzene rings is 1. The molecule has 0 unspecified atom stereocenters. The molecule has 1 aliphatic rings. The minimum Gasteiger partial charge on any atom is -0.357 e. The summed E-state index contributed by atoms with van der Waals surface area (Å²) in [5.74, 6) is 0.531. The van der Waals surface area contributed by atoms with Crippen LogP contribution in [0.4, 0.5) is 0 Å². The Morgan fingerprint density at radius 1 is 0.783 bits per heavy atom. The van der Waals surface area contributed by atoms with Gasteiger partial charge < -0.3 is 4.74 Å². The molecule has 3 aromatic rings. The van der Waals surface area contributed by atoms with Gasteiger partial charge in [-0.3, -0.25) is 0 Å². The van der Waals surface area contributed by atoms with Crippen LogP contribution in [0.2, 0.25) is 0 Å². The van der Waals surface area contributed by atoms with Gasteiger partial charge in [-0.25, -0.2) is 9.97 Å². The predicted molar refractivity (Wildman–Crippen MR) is 87.7 cm³/mol. The van der Waals surface area contributed by atoms with Crippen molar-refractivity contribution in [1.29, 1.82) is 0 Å². The van der Waals surface area contributed by atoms with Crippen LogP contribution in [0.3, 0.4) is 0 Å². The highest BCUT2D eigenvalue weighted by Crippen LogP contribution is 2.44. The number of ether oxygens (including phenoxy) is 1. The normalized spacial score (nSPS) is 18.1. The van der Waals surface area contributed by atoms with Gasteiger partial charge in [0.05, 0.1) is 5.52 Å². The standard InChI is InChI=1S/C18H18N4O/c1-17(2)14-15(18(3,4)23-17)21-22-16(20-14)13-10-9-11-7-5-6-8-12(11)19-13/h5-10H,1-4H3. The van der Waals surface area contributed by atoms with Crippen molar-refractivity contribution in [1.82, 2.24) is 20.2 Å². The summed E-state index contributed by atoms with van der Waals surface area (Å²) in [6.45, 7) is 8.00. The van der Waals surface area contributed by atoms with Gasteiger partial charge in [0.15, 0.2) is 0 Å². The fraction of sp³-hybridized carbons (Fsp3) is 0.333. The zero-order chi connectivity index (χ0) is 16.2. The lowest BCUT2D eigenvalue weighted by molar-refractivity contribution is -0.107. The summed E-state index contributed by atoms with van der Waals surface area (Å²) in [4.78, 5) is 9.37. The van der Waals surface area contributed by atoms with Crippen LogP contribution in [0, 0.1) is 0 Å². The molecule has 0 saturated heterocycles. The van der Waals surface area contributed by atoms with Crippen molar-refractivity contribution in [2.75, 3.05) is 0 Å². The molecular formula is C18H18N4O. The highest BCUT2D eigenvalue weighted by molar-refractivity contribution is 5.80. The third-order valence-electron chi connectivity index (χ3n) is 4.17. The van der Waals surface area contributed by atoms with E-state index in [1.165, 1.54) is 0 Å². The van der Waals surface area contributed by atoms with Crippen LogP contribution in [0.15, 0.2) is 36.4 Å². The molecule has 5 heteroatoms. The Bertz CT molecular complexity index is 918. The lowest BCUT2D eigenvalue weighted by atomic mass is 10.0. The van der Waals surface area contributed by atoms with E-state index in [1.807, 2.05) is 64.1 Å². The van der Waals surface area contributed by atoms with E-state index in [2.05, 4.69) is 15.2 Å². The molecule has 0 N–H and O–H groups in total. The maximum atomic E-state index is 6.08. The summed E-state index contributed by atoms with van der Waals surface area (Å²) in [5, 5.41) is 9.76. The minimum absolute atomic E-state index is 0.478. The summed E-state index contributed by atoms with van der Waals surface area (Å²) < 4.78 is 6.08. The first-order chi connectivity index (χ1) is 10.9. The first kappa shape index (κ1) is 14.2. The Hall–Kier alpha value is -2.40. The fourth-order valence-corrected chi connectivity index (χ4v) is 3.18. The first-order valence-electron chi connectivity index (χ1n) is 7.69. The number of aromatic nitrogens is 4. The summed E-state index contributed by atoms with van der Waals surface area (Å²) in [5.41, 5.74) is 2.31. The summed E-state index contributed by atoms with van der Waals surface area (Å²) in [7, 11) is 0. The molecule has 1 aromatic carbocycles. The highest BCUT2D eigenvalue weighted by Gasteiger charge is 2.46. The van der Waals surface area contributed by atoms with E-state index in [0.717, 1.165) is 28.0 Å². The maximum Gasteiger partial charge on any atom is 0.200 e. The molecular weight excluding hydrogens is 288 g/mol. The molecule has 2 aromatic heterocycles. The molecule has 0 spiro atoms.